The molecule has 0 amide bonds. The zero-order chi connectivity index (χ0) is 20.8. The second kappa shape index (κ2) is 6.55. The number of para-hydroxylation sites is 1. The molecule has 4 aromatic rings. The van der Waals surface area contributed by atoms with E-state index in [1.54, 1.807) is 18.2 Å². The number of nitrogens with one attached hydrogen (secondary N) is 2. The van der Waals surface area contributed by atoms with Crippen molar-refractivity contribution in [3.63, 3.8) is 0 Å². The summed E-state index contributed by atoms with van der Waals surface area (Å²) in [6.45, 7) is 0. The molecule has 148 valence electrons. The molecule has 0 radical (unpaired) electrons. The molecule has 11 nitrogen and oxygen atoms in total. The smallest absolute Gasteiger partial charge is 0.288 e. The Morgan fingerprint density at radius 1 is 1.13 bits per heavy atom. The van der Waals surface area contributed by atoms with E-state index < -0.39 is 22.3 Å². The van der Waals surface area contributed by atoms with Gasteiger partial charge in [-0.15, -0.1) is 0 Å². The van der Waals surface area contributed by atoms with Gasteiger partial charge in [-0.2, -0.15) is 9.78 Å². The Hall–Kier alpha value is -4.48. The minimum Gasteiger partial charge on any atom is -0.318 e. The van der Waals surface area contributed by atoms with Crippen molar-refractivity contribution in [1.82, 2.24) is 30.4 Å². The van der Waals surface area contributed by atoms with E-state index in [4.69, 9.17) is 0 Å². The van der Waals surface area contributed by atoms with Gasteiger partial charge in [0.1, 0.15) is 17.5 Å². The molecule has 1 aliphatic heterocycles. The molecule has 0 saturated carbocycles. The van der Waals surface area contributed by atoms with Crippen LogP contribution in [-0.2, 0) is 0 Å². The van der Waals surface area contributed by atoms with E-state index in [1.165, 1.54) is 35.0 Å². The Morgan fingerprint density at radius 3 is 2.67 bits per heavy atom. The molecule has 3 heterocycles. The van der Waals surface area contributed by atoms with Crippen LogP contribution in [0.2, 0.25) is 0 Å². The normalized spacial score (nSPS) is 14.5. The number of anilines is 2. The molecule has 12 heteroatoms. The summed E-state index contributed by atoms with van der Waals surface area (Å²) < 4.78 is 14.8. The molecule has 2 aromatic heterocycles. The van der Waals surface area contributed by atoms with Crippen molar-refractivity contribution < 1.29 is 9.31 Å². The zero-order valence-electron chi connectivity index (χ0n) is 15.0. The SMILES string of the molecule is O=c1[nH]nc(-c2ccc(F)cc2)c2c1Nc1nnnn1[C@@H]2c1ccccc1[N+](=O)[O-]. The Morgan fingerprint density at radius 2 is 1.90 bits per heavy atom. The Kier molecular flexibility index (Phi) is 3.84. The maximum absolute atomic E-state index is 13.4. The molecule has 0 spiro atoms. The number of benzene rings is 2. The second-order valence-corrected chi connectivity index (χ2v) is 6.49. The quantitative estimate of drug-likeness (QED) is 0.343. The van der Waals surface area contributed by atoms with Crippen molar-refractivity contribution in [2.24, 2.45) is 0 Å². The molecule has 2 N–H and O–H groups in total. The molecule has 30 heavy (non-hydrogen) atoms. The molecule has 0 bridgehead atoms. The lowest BCUT2D eigenvalue weighted by molar-refractivity contribution is -0.385. The van der Waals surface area contributed by atoms with Crippen LogP contribution in [0.15, 0.2) is 53.3 Å². The molecular weight excluding hydrogens is 395 g/mol. The topological polar surface area (TPSA) is 145 Å². The highest BCUT2D eigenvalue weighted by Crippen LogP contribution is 2.43. The van der Waals surface area contributed by atoms with Gasteiger partial charge in [0.05, 0.1) is 16.2 Å². The van der Waals surface area contributed by atoms with Gasteiger partial charge in [-0.25, -0.2) is 9.49 Å². The average Bonchev–Trinajstić information content (AvgIpc) is 3.22. The maximum atomic E-state index is 13.4. The van der Waals surface area contributed by atoms with E-state index in [-0.39, 0.29) is 22.9 Å². The molecule has 0 aliphatic carbocycles. The van der Waals surface area contributed by atoms with Crippen molar-refractivity contribution in [1.29, 1.82) is 0 Å². The number of halogens is 1. The number of aromatic nitrogens is 6. The summed E-state index contributed by atoms with van der Waals surface area (Å²) in [7, 11) is 0. The van der Waals surface area contributed by atoms with Crippen LogP contribution >= 0.6 is 0 Å². The average molecular weight is 406 g/mol. The van der Waals surface area contributed by atoms with Gasteiger partial charge in [-0.1, -0.05) is 17.2 Å². The number of tetrazole rings is 1. The minimum atomic E-state index is -0.914. The lowest BCUT2D eigenvalue weighted by atomic mass is 9.91. The first kappa shape index (κ1) is 17.6. The molecule has 1 aliphatic rings. The van der Waals surface area contributed by atoms with Gasteiger partial charge in [0, 0.05) is 17.2 Å². The number of hydrogen-bond donors (Lipinski definition) is 2. The number of H-pyrrole nitrogens is 1. The third-order valence-corrected chi connectivity index (χ3v) is 4.81. The molecule has 5 rings (SSSR count). The van der Waals surface area contributed by atoms with Crippen LogP contribution in [-0.4, -0.2) is 35.3 Å². The van der Waals surface area contributed by atoms with Crippen LogP contribution in [0.25, 0.3) is 11.3 Å². The maximum Gasteiger partial charge on any atom is 0.288 e. The number of rotatable bonds is 3. The van der Waals surface area contributed by atoms with E-state index in [1.807, 2.05) is 0 Å². The zero-order valence-corrected chi connectivity index (χ0v) is 15.0. The summed E-state index contributed by atoms with van der Waals surface area (Å²) >= 11 is 0. The fourth-order valence-corrected chi connectivity index (χ4v) is 3.54. The lowest BCUT2D eigenvalue weighted by Gasteiger charge is -2.27. The third kappa shape index (κ3) is 2.62. The number of aromatic amines is 1. The highest BCUT2D eigenvalue weighted by atomic mass is 19.1. The summed E-state index contributed by atoms with van der Waals surface area (Å²) in [4.78, 5) is 23.8. The van der Waals surface area contributed by atoms with E-state index in [9.17, 15) is 19.3 Å². The first-order valence-corrected chi connectivity index (χ1v) is 8.71. The second-order valence-electron chi connectivity index (χ2n) is 6.49. The van der Waals surface area contributed by atoms with Crippen molar-refractivity contribution in [3.05, 3.63) is 85.9 Å². The van der Waals surface area contributed by atoms with Crippen LogP contribution < -0.4 is 10.9 Å². The van der Waals surface area contributed by atoms with Crippen LogP contribution in [0.3, 0.4) is 0 Å². The number of fused-ring (bicyclic) bond motifs is 2. The van der Waals surface area contributed by atoms with Gasteiger partial charge < -0.3 is 5.32 Å². The standard InChI is InChI=1S/C18H11FN8O3/c19-10-7-5-9(6-8-10)14-13-15(17(28)22-21-14)20-18-23-24-25-26(18)16(13)11-3-1-2-4-12(11)27(29)30/h1-8,16H,(H,22,28)(H,20,23,25)/t16-/m1/s1. The predicted molar refractivity (Wildman–Crippen MR) is 102 cm³/mol. The Labute approximate surface area is 166 Å². The molecular formula is C18H11FN8O3. The Balaban J connectivity index is 1.85. The van der Waals surface area contributed by atoms with Crippen LogP contribution in [0.1, 0.15) is 17.2 Å². The first-order chi connectivity index (χ1) is 14.5. The van der Waals surface area contributed by atoms with Gasteiger partial charge in [-0.05, 0) is 40.8 Å². The lowest BCUT2D eigenvalue weighted by Crippen LogP contribution is -2.29. The number of nitro benzene ring substituents is 1. The highest BCUT2D eigenvalue weighted by molar-refractivity contribution is 5.76. The van der Waals surface area contributed by atoms with Gasteiger partial charge in [0.2, 0.25) is 5.95 Å². The van der Waals surface area contributed by atoms with Crippen molar-refractivity contribution in [3.8, 4) is 11.3 Å². The van der Waals surface area contributed by atoms with Gasteiger partial charge in [0.15, 0.2) is 0 Å². The largest absolute Gasteiger partial charge is 0.318 e. The van der Waals surface area contributed by atoms with Crippen molar-refractivity contribution in [2.75, 3.05) is 5.32 Å². The van der Waals surface area contributed by atoms with E-state index in [0.29, 0.717) is 16.8 Å². The van der Waals surface area contributed by atoms with Crippen LogP contribution in [0, 0.1) is 15.9 Å². The third-order valence-electron chi connectivity index (χ3n) is 4.81. The van der Waals surface area contributed by atoms with Crippen LogP contribution in [0.5, 0.6) is 0 Å². The van der Waals surface area contributed by atoms with E-state index in [0.717, 1.165) is 0 Å². The summed E-state index contributed by atoms with van der Waals surface area (Å²) in [5.74, 6) is -0.291. The van der Waals surface area contributed by atoms with Gasteiger partial charge in [0.25, 0.3) is 11.2 Å². The Bertz CT molecular complexity index is 1350. The summed E-state index contributed by atoms with van der Waals surface area (Å²) in [6.07, 6.45) is 0. The van der Waals surface area contributed by atoms with E-state index >= 15 is 0 Å². The van der Waals surface area contributed by atoms with Crippen LogP contribution in [0.4, 0.5) is 21.7 Å². The highest BCUT2D eigenvalue weighted by Gasteiger charge is 2.37. The fraction of sp³-hybridized carbons (Fsp3) is 0.0556. The van der Waals surface area contributed by atoms with E-state index in [2.05, 4.69) is 31.0 Å². The molecule has 0 fully saturated rings. The summed E-state index contributed by atoms with van der Waals surface area (Å²) in [5.41, 5.74) is 0.812. The van der Waals surface area contributed by atoms with Crippen molar-refractivity contribution >= 4 is 17.3 Å². The molecule has 1 atom stereocenters. The van der Waals surface area contributed by atoms with Gasteiger partial charge >= 0.3 is 0 Å². The molecule has 0 saturated heterocycles. The minimum absolute atomic E-state index is 0.106. The number of nitrogens with zero attached hydrogens (tertiary/aromatic N) is 6. The number of hydrogen-bond acceptors (Lipinski definition) is 8. The monoisotopic (exact) mass is 406 g/mol. The van der Waals surface area contributed by atoms with Gasteiger partial charge in [-0.3, -0.25) is 14.9 Å². The number of nitro groups is 1. The predicted octanol–water partition coefficient (Wildman–Crippen LogP) is 2.17. The summed E-state index contributed by atoms with van der Waals surface area (Å²) in [6, 6.07) is 10.7. The fourth-order valence-electron chi connectivity index (χ4n) is 3.54. The molecule has 2 aromatic carbocycles. The van der Waals surface area contributed by atoms with Crippen molar-refractivity contribution in [2.45, 2.75) is 6.04 Å². The first-order valence-electron chi connectivity index (χ1n) is 8.71. The molecule has 0 unspecified atom stereocenters. The summed E-state index contributed by atoms with van der Waals surface area (Å²) in [5, 5.41) is 32.5.